The van der Waals surface area contributed by atoms with Gasteiger partial charge in [0.1, 0.15) is 5.75 Å². The molecule has 1 atom stereocenters. The minimum atomic E-state index is -0.178. The molecule has 5 nitrogen and oxygen atoms in total. The van der Waals surface area contributed by atoms with Gasteiger partial charge in [-0.3, -0.25) is 4.79 Å². The number of hydrogen-bond donors (Lipinski definition) is 2. The van der Waals surface area contributed by atoms with Gasteiger partial charge in [0.05, 0.1) is 31.9 Å². The topological polar surface area (TPSA) is 48.2 Å². The van der Waals surface area contributed by atoms with E-state index < -0.39 is 0 Å². The maximum Gasteiger partial charge on any atom is 0.285 e. The predicted octanol–water partition coefficient (Wildman–Crippen LogP) is 0.927. The van der Waals surface area contributed by atoms with Crippen molar-refractivity contribution in [2.45, 2.75) is 6.04 Å². The summed E-state index contributed by atoms with van der Waals surface area (Å²) in [6.45, 7) is 3.34. The molecule has 1 heterocycles. The van der Waals surface area contributed by atoms with Crippen molar-refractivity contribution < 1.29 is 14.8 Å². The van der Waals surface area contributed by atoms with E-state index in [4.69, 9.17) is 0 Å². The van der Waals surface area contributed by atoms with E-state index >= 15 is 0 Å². The number of piperazine rings is 1. The van der Waals surface area contributed by atoms with E-state index in [2.05, 4.69) is 4.90 Å². The van der Waals surface area contributed by atoms with E-state index in [1.54, 1.807) is 11.0 Å². The van der Waals surface area contributed by atoms with Crippen LogP contribution in [0.5, 0.6) is 5.75 Å². The summed E-state index contributed by atoms with van der Waals surface area (Å²) in [4.78, 5) is 18.0. The number of carbonyl (C=O) groups excluding carboxylic acids is 1. The average molecular weight is 340 g/mol. The van der Waals surface area contributed by atoms with Crippen LogP contribution in [0.3, 0.4) is 0 Å². The zero-order valence-corrected chi connectivity index (χ0v) is 14.9. The summed E-state index contributed by atoms with van der Waals surface area (Å²) >= 11 is 0. The van der Waals surface area contributed by atoms with Crippen LogP contribution in [0.2, 0.25) is 0 Å². The Morgan fingerprint density at radius 1 is 1.04 bits per heavy atom. The number of hydrogen-bond acceptors (Lipinski definition) is 3. The highest BCUT2D eigenvalue weighted by molar-refractivity contribution is 5.81. The first kappa shape index (κ1) is 17.3. The second-order valence-electron chi connectivity index (χ2n) is 6.71. The van der Waals surface area contributed by atoms with Gasteiger partial charge in [-0.25, -0.2) is 0 Å². The first-order valence-electron chi connectivity index (χ1n) is 8.71. The summed E-state index contributed by atoms with van der Waals surface area (Å²) in [6.07, 6.45) is 0. The number of phenolic OH excluding ortho intramolecular Hbond substituents is 1. The van der Waals surface area contributed by atoms with Crippen molar-refractivity contribution in [2.75, 3.05) is 45.2 Å². The van der Waals surface area contributed by atoms with Gasteiger partial charge in [0.2, 0.25) is 0 Å². The quantitative estimate of drug-likeness (QED) is 0.870. The Kier molecular flexibility index (Phi) is 5.24. The Balaban J connectivity index is 1.76. The molecule has 1 saturated heterocycles. The average Bonchev–Trinajstić information content (AvgIpc) is 2.64. The minimum absolute atomic E-state index is 0.136. The summed E-state index contributed by atoms with van der Waals surface area (Å²) in [6, 6.07) is 17.3. The van der Waals surface area contributed by atoms with Crippen molar-refractivity contribution in [2.24, 2.45) is 0 Å². The van der Waals surface area contributed by atoms with Crippen LogP contribution < -0.4 is 9.80 Å². The molecular formula is C20H26N3O2+. The van der Waals surface area contributed by atoms with Gasteiger partial charge in [-0.1, -0.05) is 42.5 Å². The van der Waals surface area contributed by atoms with Crippen molar-refractivity contribution >= 4 is 11.6 Å². The third-order valence-corrected chi connectivity index (χ3v) is 4.86. The number of aromatic hydroxyl groups is 1. The number of likely N-dealkylation sites (N-methyl/N-ethyl adjacent to an activating group) is 1. The van der Waals surface area contributed by atoms with Crippen molar-refractivity contribution in [1.82, 2.24) is 4.90 Å². The highest BCUT2D eigenvalue weighted by Gasteiger charge is 2.35. The third-order valence-electron chi connectivity index (χ3n) is 4.86. The lowest BCUT2D eigenvalue weighted by atomic mass is 10.0. The molecule has 3 rings (SSSR count). The second-order valence-corrected chi connectivity index (χ2v) is 6.71. The largest absolute Gasteiger partial charge is 0.506 e. The molecule has 25 heavy (non-hydrogen) atoms. The molecule has 2 aromatic rings. The smallest absolute Gasteiger partial charge is 0.285 e. The lowest BCUT2D eigenvalue weighted by molar-refractivity contribution is -0.922. The van der Waals surface area contributed by atoms with Crippen LogP contribution >= 0.6 is 0 Å². The molecule has 0 unspecified atom stereocenters. The fourth-order valence-electron chi connectivity index (χ4n) is 3.51. The van der Waals surface area contributed by atoms with E-state index in [-0.39, 0.29) is 11.9 Å². The molecule has 132 valence electrons. The normalized spacial score (nSPS) is 16.5. The lowest BCUT2D eigenvalue weighted by Gasteiger charge is -2.37. The summed E-state index contributed by atoms with van der Waals surface area (Å²) in [7, 11) is 3.63. The molecule has 2 N–H and O–H groups in total. The molecule has 1 fully saturated rings. The van der Waals surface area contributed by atoms with Crippen LogP contribution in [-0.4, -0.2) is 56.2 Å². The number of quaternary nitrogens is 1. The molecule has 0 spiro atoms. The molecule has 1 aliphatic rings. The van der Waals surface area contributed by atoms with Crippen LogP contribution in [0.4, 0.5) is 5.69 Å². The molecule has 0 aliphatic carbocycles. The molecule has 1 aliphatic heterocycles. The van der Waals surface area contributed by atoms with Gasteiger partial charge in [0, 0.05) is 19.7 Å². The lowest BCUT2D eigenvalue weighted by Crippen LogP contribution is -3.16. The Morgan fingerprint density at radius 2 is 1.64 bits per heavy atom. The second kappa shape index (κ2) is 7.57. The fraction of sp³-hybridized carbons (Fsp3) is 0.350. The van der Waals surface area contributed by atoms with Gasteiger partial charge < -0.3 is 19.8 Å². The SMILES string of the molecule is CN(C)C(=O)[C@@H](c1ccccc1)[NH+]1CCN(c2ccccc2O)CC1. The summed E-state index contributed by atoms with van der Waals surface area (Å²) < 4.78 is 0. The van der Waals surface area contributed by atoms with E-state index in [0.29, 0.717) is 5.75 Å². The number of amides is 1. The Hall–Kier alpha value is -2.53. The van der Waals surface area contributed by atoms with Crippen LogP contribution in [0.25, 0.3) is 0 Å². The van der Waals surface area contributed by atoms with Gasteiger partial charge in [-0.15, -0.1) is 0 Å². The number of nitrogens with one attached hydrogen (secondary N) is 1. The van der Waals surface area contributed by atoms with Gasteiger partial charge in [-0.05, 0) is 12.1 Å². The summed E-state index contributed by atoms with van der Waals surface area (Å²) in [5, 5.41) is 10.1. The monoisotopic (exact) mass is 340 g/mol. The van der Waals surface area contributed by atoms with Gasteiger partial charge in [0.25, 0.3) is 5.91 Å². The number of rotatable bonds is 4. The van der Waals surface area contributed by atoms with E-state index in [1.807, 2.05) is 62.6 Å². The van der Waals surface area contributed by atoms with Crippen LogP contribution in [0, 0.1) is 0 Å². The highest BCUT2D eigenvalue weighted by atomic mass is 16.3. The van der Waals surface area contributed by atoms with Crippen LogP contribution in [-0.2, 0) is 4.79 Å². The predicted molar refractivity (Wildman–Crippen MR) is 98.9 cm³/mol. The number of benzene rings is 2. The number of carbonyl (C=O) groups is 1. The standard InChI is InChI=1S/C20H25N3O2/c1-21(2)20(25)19(16-8-4-3-5-9-16)23-14-12-22(13-15-23)17-10-6-7-11-18(17)24/h3-11,19,24H,12-15H2,1-2H3/p+1/t19-/m1/s1. The van der Waals surface area contributed by atoms with Gasteiger partial charge >= 0.3 is 0 Å². The maximum absolute atomic E-state index is 12.8. The van der Waals surface area contributed by atoms with Crippen molar-refractivity contribution in [3.05, 3.63) is 60.2 Å². The summed E-state index contributed by atoms with van der Waals surface area (Å²) in [5.74, 6) is 0.451. The minimum Gasteiger partial charge on any atom is -0.506 e. The Morgan fingerprint density at radius 3 is 2.24 bits per heavy atom. The van der Waals surface area contributed by atoms with Gasteiger partial charge in [0.15, 0.2) is 6.04 Å². The van der Waals surface area contributed by atoms with Gasteiger partial charge in [-0.2, -0.15) is 0 Å². The summed E-state index contributed by atoms with van der Waals surface area (Å²) in [5.41, 5.74) is 1.93. The molecular weight excluding hydrogens is 314 g/mol. The van der Waals surface area contributed by atoms with E-state index in [1.165, 1.54) is 4.90 Å². The number of phenols is 1. The zero-order valence-electron chi connectivity index (χ0n) is 14.9. The highest BCUT2D eigenvalue weighted by Crippen LogP contribution is 2.26. The number of anilines is 1. The zero-order chi connectivity index (χ0) is 17.8. The van der Waals surface area contributed by atoms with Crippen molar-refractivity contribution in [3.8, 4) is 5.75 Å². The third kappa shape index (κ3) is 3.77. The molecule has 0 bridgehead atoms. The van der Waals surface area contributed by atoms with Crippen LogP contribution in [0.1, 0.15) is 11.6 Å². The first-order chi connectivity index (χ1) is 12.1. The van der Waals surface area contributed by atoms with Crippen molar-refractivity contribution in [3.63, 3.8) is 0 Å². The molecule has 0 aromatic heterocycles. The Bertz CT molecular complexity index is 710. The maximum atomic E-state index is 12.8. The first-order valence-corrected chi connectivity index (χ1v) is 8.71. The molecule has 0 radical (unpaired) electrons. The molecule has 0 saturated carbocycles. The van der Waals surface area contributed by atoms with E-state index in [9.17, 15) is 9.90 Å². The fourth-order valence-corrected chi connectivity index (χ4v) is 3.51. The van der Waals surface area contributed by atoms with Crippen LogP contribution in [0.15, 0.2) is 54.6 Å². The number of nitrogens with zero attached hydrogens (tertiary/aromatic N) is 2. The molecule has 5 heteroatoms. The number of para-hydroxylation sites is 2. The molecule has 1 amide bonds. The Labute approximate surface area is 149 Å². The molecule has 2 aromatic carbocycles. The van der Waals surface area contributed by atoms with Crippen molar-refractivity contribution in [1.29, 1.82) is 0 Å². The van der Waals surface area contributed by atoms with E-state index in [0.717, 1.165) is 37.4 Å².